The van der Waals surface area contributed by atoms with Crippen LogP contribution in [0.1, 0.15) is 0 Å². The second-order valence-electron chi connectivity index (χ2n) is 0.408. The van der Waals surface area contributed by atoms with Crippen molar-refractivity contribution in [2.45, 2.75) is 0 Å². The minimum atomic E-state index is -6.02. The molecule has 0 atom stereocenters. The van der Waals surface area contributed by atoms with Crippen LogP contribution in [0.15, 0.2) is 0 Å². The Morgan fingerprint density at radius 1 is 1.17 bits per heavy atom. The van der Waals surface area contributed by atoms with Crippen LogP contribution in [-0.4, -0.2) is 19.0 Å². The first kappa shape index (κ1) is 10.3. The van der Waals surface area contributed by atoms with Crippen LogP contribution in [-0.2, 0) is 33.9 Å². The summed E-state index contributed by atoms with van der Waals surface area (Å²) in [7, 11) is 0. The molecule has 0 aliphatic heterocycles. The van der Waals surface area contributed by atoms with E-state index in [2.05, 4.69) is 0 Å². The van der Waals surface area contributed by atoms with Crippen LogP contribution in [0.3, 0.4) is 0 Å². The van der Waals surface area contributed by atoms with Gasteiger partial charge in [0, 0.05) is 0 Å². The largest absolute Gasteiger partial charge is 2.00 e. The van der Waals surface area contributed by atoms with Crippen molar-refractivity contribution in [1.29, 1.82) is 0 Å². The molecule has 0 unspecified atom stereocenters. The molecule has 0 aromatic heterocycles. The molecule has 0 saturated heterocycles. The van der Waals surface area contributed by atoms with E-state index in [1.807, 2.05) is 0 Å². The summed E-state index contributed by atoms with van der Waals surface area (Å²) in [5.74, 6) is 0. The second kappa shape index (κ2) is 3.27. The molecule has 4 nitrogen and oxygen atoms in total. The van der Waals surface area contributed by atoms with Crippen molar-refractivity contribution >= 4 is 19.0 Å². The Kier molecular flexibility index (Phi) is 5.60. The first-order valence-electron chi connectivity index (χ1n) is 0.667. The van der Waals surface area contributed by atoms with Gasteiger partial charge in [0.2, 0.25) is 0 Å². The van der Waals surface area contributed by atoms with Crippen molar-refractivity contribution in [3.8, 4) is 0 Å². The van der Waals surface area contributed by atoms with Gasteiger partial charge < -0.3 is 0 Å². The third-order valence-corrected chi connectivity index (χ3v) is 0. The van der Waals surface area contributed by atoms with Gasteiger partial charge in [-0.25, -0.2) is 0 Å². The van der Waals surface area contributed by atoms with Crippen molar-refractivity contribution in [3.63, 3.8) is 0 Å². The Hall–Kier alpha value is 1.24. The Balaban J connectivity index is 0. The van der Waals surface area contributed by atoms with Gasteiger partial charge in [0.15, 0.2) is 0 Å². The third-order valence-electron chi connectivity index (χ3n) is 0. The Bertz CT molecular complexity index is 90.7. The predicted molar refractivity (Wildman–Crippen MR) is 7.13 cm³/mol. The van der Waals surface area contributed by atoms with Gasteiger partial charge in [-0.05, 0) is 0 Å². The van der Waals surface area contributed by atoms with Gasteiger partial charge in [-0.1, -0.05) is 0 Å². The third kappa shape index (κ3) is 61.0. The summed E-state index contributed by atoms with van der Waals surface area (Å²) >= 11 is -6.02. The van der Waals surface area contributed by atoms with Crippen molar-refractivity contribution < 1.29 is 40.8 Å². The van der Waals surface area contributed by atoms with Crippen LogP contribution in [0, 0.1) is 0 Å². The zero-order valence-electron chi connectivity index (χ0n) is 2.75. The van der Waals surface area contributed by atoms with Crippen LogP contribution < -0.4 is 6.94 Å². The summed E-state index contributed by atoms with van der Waals surface area (Å²) in [5, 5.41) is 0. The van der Waals surface area contributed by atoms with Gasteiger partial charge in [0.25, 0.3) is 0 Å². The van der Waals surface area contributed by atoms with Crippen LogP contribution in [0.2, 0.25) is 0 Å². The minimum absolute atomic E-state index is 0. The zero-order chi connectivity index (χ0) is 4.50. The summed E-state index contributed by atoms with van der Waals surface area (Å²) in [5.41, 5.74) is 0. The Morgan fingerprint density at radius 3 is 1.17 bits per heavy atom. The molecule has 0 aromatic rings. The molecule has 0 aromatic carbocycles. The fourth-order valence-corrected chi connectivity index (χ4v) is 0. The first-order valence-corrected chi connectivity index (χ1v) is 4.47. The van der Waals surface area contributed by atoms with Gasteiger partial charge in [-0.3, -0.25) is 0 Å². The van der Waals surface area contributed by atoms with Crippen LogP contribution >= 0.6 is 0 Å². The van der Waals surface area contributed by atoms with E-state index in [4.69, 9.17) is 13.2 Å². The maximum atomic E-state index is 8.63. The van der Waals surface area contributed by atoms with Crippen LogP contribution in [0.5, 0.6) is 0 Å². The SMILES string of the molecule is O=[Te](=O)([O-])[O-].[Hg+2]. The number of rotatable bonds is 0. The van der Waals surface area contributed by atoms with E-state index in [0.717, 1.165) is 0 Å². The molecule has 0 heterocycles. The van der Waals surface area contributed by atoms with Gasteiger partial charge >= 0.3 is 59.8 Å². The summed E-state index contributed by atoms with van der Waals surface area (Å²) in [6.07, 6.45) is 0. The van der Waals surface area contributed by atoms with E-state index in [-0.39, 0.29) is 27.7 Å². The van der Waals surface area contributed by atoms with Crippen molar-refractivity contribution in [2.75, 3.05) is 0 Å². The Labute approximate surface area is 59.3 Å². The maximum Gasteiger partial charge on any atom is 2.00 e. The molecular weight excluding hydrogens is 392 g/mol. The quantitative estimate of drug-likeness (QED) is 0.412. The van der Waals surface area contributed by atoms with Crippen molar-refractivity contribution in [1.82, 2.24) is 0 Å². The average Bonchev–Trinajstić information content (AvgIpc) is 0.722. The molecule has 0 amide bonds. The maximum absolute atomic E-state index is 8.63. The normalized spacial score (nSPS) is 9.67. The standard InChI is InChI=1S/Hg.H2O4Te/c;1-5(2,3)4/h;(H2,1,2,3,4)/q+2;/p-2. The topological polar surface area (TPSA) is 80.3 Å². The second-order valence-corrected chi connectivity index (χ2v) is 2.74. The average molecular weight is 392 g/mol. The summed E-state index contributed by atoms with van der Waals surface area (Å²) < 4.78 is 34.5. The molecule has 0 radical (unpaired) electrons. The first-order chi connectivity index (χ1) is 2.00. The molecule has 0 fully saturated rings. The van der Waals surface area contributed by atoms with E-state index >= 15 is 0 Å². The summed E-state index contributed by atoms with van der Waals surface area (Å²) in [6.45, 7) is 0. The van der Waals surface area contributed by atoms with E-state index in [9.17, 15) is 0 Å². The number of hydrogen-bond acceptors (Lipinski definition) is 4. The number of hydrogen-bond donors (Lipinski definition) is 0. The van der Waals surface area contributed by atoms with Crippen molar-refractivity contribution in [2.24, 2.45) is 0 Å². The molecule has 6 heteroatoms. The smallest absolute Gasteiger partial charge is 2.00 e. The van der Waals surface area contributed by atoms with Crippen LogP contribution in [0.25, 0.3) is 0 Å². The van der Waals surface area contributed by atoms with E-state index in [1.54, 1.807) is 0 Å². The van der Waals surface area contributed by atoms with Crippen LogP contribution in [0.4, 0.5) is 0 Å². The predicted octanol–water partition coefficient (Wildman–Crippen LogP) is -3.00. The molecule has 0 saturated carbocycles. The summed E-state index contributed by atoms with van der Waals surface area (Å²) in [6, 6.07) is 0. The van der Waals surface area contributed by atoms with Crippen molar-refractivity contribution in [3.05, 3.63) is 0 Å². The van der Waals surface area contributed by atoms with E-state index < -0.39 is 19.0 Å². The Morgan fingerprint density at radius 2 is 1.17 bits per heavy atom. The molecular formula is HgO4Te. The van der Waals surface area contributed by atoms with Gasteiger partial charge in [-0.2, -0.15) is 0 Å². The summed E-state index contributed by atoms with van der Waals surface area (Å²) in [4.78, 5) is 0. The van der Waals surface area contributed by atoms with Gasteiger partial charge in [0.05, 0.1) is 0 Å². The minimum Gasteiger partial charge on any atom is 2.00 e. The fourth-order valence-electron chi connectivity index (χ4n) is 0. The molecule has 0 N–H and O–H groups in total. The molecule has 6 heavy (non-hydrogen) atoms. The van der Waals surface area contributed by atoms with E-state index in [1.165, 1.54) is 0 Å². The van der Waals surface area contributed by atoms with Gasteiger partial charge in [0.1, 0.15) is 0 Å². The molecule has 32 valence electrons. The molecule has 0 bridgehead atoms. The monoisotopic (exact) mass is 396 g/mol. The molecule has 0 rings (SSSR count). The molecule has 0 spiro atoms. The zero-order valence-corrected chi connectivity index (χ0v) is 10.6. The molecule has 0 aliphatic carbocycles. The van der Waals surface area contributed by atoms with Gasteiger partial charge in [-0.15, -0.1) is 0 Å². The fraction of sp³-hybridized carbons (Fsp3) is 0. The van der Waals surface area contributed by atoms with E-state index in [0.29, 0.717) is 0 Å². The molecule has 0 aliphatic rings.